The van der Waals surface area contributed by atoms with Gasteiger partial charge in [-0.05, 0) is 30.3 Å². The van der Waals surface area contributed by atoms with Gasteiger partial charge in [0.25, 0.3) is 16.8 Å². The van der Waals surface area contributed by atoms with E-state index in [-0.39, 0.29) is 10.6 Å². The summed E-state index contributed by atoms with van der Waals surface area (Å²) in [5, 5.41) is 18.9. The van der Waals surface area contributed by atoms with Gasteiger partial charge in [0.1, 0.15) is 6.04 Å². The Morgan fingerprint density at radius 2 is 2.14 bits per heavy atom. The number of hydrogen-bond acceptors (Lipinski definition) is 6. The summed E-state index contributed by atoms with van der Waals surface area (Å²) in [4.78, 5) is 45.6. The number of carboxylic acids is 1. The van der Waals surface area contributed by atoms with E-state index in [1.54, 1.807) is 6.07 Å². The topological polar surface area (TPSA) is 118 Å². The van der Waals surface area contributed by atoms with Gasteiger partial charge in [0.05, 0.1) is 9.83 Å². The summed E-state index contributed by atoms with van der Waals surface area (Å²) in [5.74, 6) is -2.02. The molecule has 1 unspecified atom stereocenters. The zero-order valence-electron chi connectivity index (χ0n) is 11.3. The first-order chi connectivity index (χ1) is 10.3. The van der Waals surface area contributed by atoms with Gasteiger partial charge in [0, 0.05) is 12.1 Å². The van der Waals surface area contributed by atoms with Crippen LogP contribution in [0.5, 0.6) is 0 Å². The van der Waals surface area contributed by atoms with Gasteiger partial charge in [-0.25, -0.2) is 4.79 Å². The van der Waals surface area contributed by atoms with Crippen LogP contribution < -0.4 is 0 Å². The maximum atomic E-state index is 12.1. The van der Waals surface area contributed by atoms with E-state index in [2.05, 4.69) is 0 Å². The molecule has 1 aromatic rings. The second-order valence-corrected chi connectivity index (χ2v) is 5.41. The molecule has 1 N–H and O–H groups in total. The second kappa shape index (κ2) is 5.98. The molecule has 1 saturated heterocycles. The van der Waals surface area contributed by atoms with Crippen LogP contribution in [-0.2, 0) is 9.59 Å². The minimum atomic E-state index is -1.29. The fourth-order valence-electron chi connectivity index (χ4n) is 1.80. The van der Waals surface area contributed by atoms with Crippen molar-refractivity contribution in [2.45, 2.75) is 13.0 Å². The van der Waals surface area contributed by atoms with Gasteiger partial charge in [-0.1, -0.05) is 12.1 Å². The van der Waals surface area contributed by atoms with Crippen LogP contribution in [0.25, 0.3) is 6.08 Å². The Balaban J connectivity index is 2.32. The molecule has 8 nitrogen and oxygen atoms in total. The molecule has 0 spiro atoms. The molecule has 114 valence electrons. The lowest BCUT2D eigenvalue weighted by atomic mass is 10.2. The highest BCUT2D eigenvalue weighted by Crippen LogP contribution is 2.33. The maximum absolute atomic E-state index is 12.1. The SMILES string of the molecule is CC(C(=O)O)N1C(=O)S/C(=C/c2cccc([N+](=O)[O-])c2)C1=O. The summed E-state index contributed by atoms with van der Waals surface area (Å²) in [6.07, 6.45) is 1.33. The predicted octanol–water partition coefficient (Wildman–Crippen LogP) is 2.10. The highest BCUT2D eigenvalue weighted by Gasteiger charge is 2.40. The summed E-state index contributed by atoms with van der Waals surface area (Å²) in [7, 11) is 0. The minimum absolute atomic E-state index is 0.0265. The van der Waals surface area contributed by atoms with Crippen LogP contribution in [0.3, 0.4) is 0 Å². The van der Waals surface area contributed by atoms with Crippen molar-refractivity contribution in [2.24, 2.45) is 0 Å². The van der Waals surface area contributed by atoms with Crippen LogP contribution in [0.4, 0.5) is 10.5 Å². The molecule has 0 aromatic heterocycles. The lowest BCUT2D eigenvalue weighted by Gasteiger charge is -2.16. The fourth-order valence-corrected chi connectivity index (χ4v) is 2.71. The number of rotatable bonds is 4. The van der Waals surface area contributed by atoms with Crippen molar-refractivity contribution in [1.82, 2.24) is 4.90 Å². The molecule has 1 fully saturated rings. The summed E-state index contributed by atoms with van der Waals surface area (Å²) in [5.41, 5.74) is 0.231. The van der Waals surface area contributed by atoms with Gasteiger partial charge in [0.2, 0.25) is 0 Å². The highest BCUT2D eigenvalue weighted by atomic mass is 32.2. The number of benzene rings is 1. The number of thioether (sulfide) groups is 1. The Kier molecular flexibility index (Phi) is 4.27. The van der Waals surface area contributed by atoms with Crippen LogP contribution in [0.2, 0.25) is 0 Å². The molecule has 2 amide bonds. The molecule has 2 rings (SSSR count). The van der Waals surface area contributed by atoms with E-state index in [0.717, 1.165) is 0 Å². The largest absolute Gasteiger partial charge is 0.480 e. The number of carboxylic acid groups (broad SMARTS) is 1. The zero-order valence-corrected chi connectivity index (χ0v) is 12.1. The third-order valence-electron chi connectivity index (χ3n) is 2.95. The third-order valence-corrected chi connectivity index (χ3v) is 3.83. The second-order valence-electron chi connectivity index (χ2n) is 4.42. The van der Waals surface area contributed by atoms with E-state index in [0.29, 0.717) is 22.2 Å². The lowest BCUT2D eigenvalue weighted by molar-refractivity contribution is -0.384. The standard InChI is InChI=1S/C13H10N2O6S/c1-7(12(17)18)14-11(16)10(22-13(14)19)6-8-3-2-4-9(5-8)15(20)21/h2-7H,1H3,(H,17,18)/b10-6+. The molecule has 22 heavy (non-hydrogen) atoms. The Labute approximate surface area is 128 Å². The van der Waals surface area contributed by atoms with Crippen LogP contribution >= 0.6 is 11.8 Å². The van der Waals surface area contributed by atoms with E-state index in [4.69, 9.17) is 5.11 Å². The summed E-state index contributed by atoms with van der Waals surface area (Å²) in [6, 6.07) is 4.28. The first-order valence-electron chi connectivity index (χ1n) is 6.05. The van der Waals surface area contributed by atoms with Crippen molar-refractivity contribution in [3.63, 3.8) is 0 Å². The Morgan fingerprint density at radius 1 is 1.45 bits per heavy atom. The molecule has 1 atom stereocenters. The number of carbonyl (C=O) groups is 3. The fraction of sp³-hybridized carbons (Fsp3) is 0.154. The first kappa shape index (κ1) is 15.7. The van der Waals surface area contributed by atoms with Crippen LogP contribution in [0, 0.1) is 10.1 Å². The van der Waals surface area contributed by atoms with Crippen molar-refractivity contribution >= 4 is 40.6 Å². The Morgan fingerprint density at radius 3 is 2.73 bits per heavy atom. The van der Waals surface area contributed by atoms with Crippen molar-refractivity contribution in [2.75, 3.05) is 0 Å². The molecule has 0 radical (unpaired) electrons. The quantitative estimate of drug-likeness (QED) is 0.512. The van der Waals surface area contributed by atoms with Gasteiger partial charge in [-0.3, -0.25) is 24.6 Å². The molecule has 1 aromatic carbocycles. The van der Waals surface area contributed by atoms with Gasteiger partial charge in [-0.2, -0.15) is 0 Å². The zero-order chi connectivity index (χ0) is 16.4. The molecule has 1 aliphatic rings. The van der Waals surface area contributed by atoms with E-state index in [1.165, 1.54) is 31.2 Å². The number of nitro benzene ring substituents is 1. The van der Waals surface area contributed by atoms with Crippen LogP contribution in [0.15, 0.2) is 29.2 Å². The minimum Gasteiger partial charge on any atom is -0.480 e. The number of carbonyl (C=O) groups excluding carboxylic acids is 2. The summed E-state index contributed by atoms with van der Waals surface area (Å²) < 4.78 is 0. The molecular weight excluding hydrogens is 312 g/mol. The molecule has 0 bridgehead atoms. The van der Waals surface area contributed by atoms with E-state index >= 15 is 0 Å². The monoisotopic (exact) mass is 322 g/mol. The first-order valence-corrected chi connectivity index (χ1v) is 6.87. The average molecular weight is 322 g/mol. The summed E-state index contributed by atoms with van der Waals surface area (Å²) in [6.45, 7) is 1.23. The number of aliphatic carboxylic acids is 1. The van der Waals surface area contributed by atoms with E-state index < -0.39 is 28.1 Å². The average Bonchev–Trinajstić information content (AvgIpc) is 2.73. The normalized spacial score (nSPS) is 17.9. The van der Waals surface area contributed by atoms with Crippen LogP contribution in [0.1, 0.15) is 12.5 Å². The molecule has 9 heteroatoms. The predicted molar refractivity (Wildman–Crippen MR) is 78.0 cm³/mol. The maximum Gasteiger partial charge on any atom is 0.326 e. The number of nitro groups is 1. The highest BCUT2D eigenvalue weighted by molar-refractivity contribution is 8.18. The van der Waals surface area contributed by atoms with Crippen molar-refractivity contribution in [3.8, 4) is 0 Å². The van der Waals surface area contributed by atoms with Crippen LogP contribution in [-0.4, -0.2) is 38.1 Å². The van der Waals surface area contributed by atoms with Gasteiger partial charge < -0.3 is 5.11 Å². The Bertz CT molecular complexity index is 714. The van der Waals surface area contributed by atoms with Gasteiger partial charge in [0.15, 0.2) is 0 Å². The molecular formula is C13H10N2O6S. The molecule has 1 aliphatic heterocycles. The number of non-ortho nitro benzene ring substituents is 1. The number of amides is 2. The number of nitrogens with zero attached hydrogens (tertiary/aromatic N) is 2. The molecule has 0 aliphatic carbocycles. The van der Waals surface area contributed by atoms with Crippen molar-refractivity contribution in [1.29, 1.82) is 0 Å². The number of imide groups is 1. The van der Waals surface area contributed by atoms with E-state index in [9.17, 15) is 24.5 Å². The van der Waals surface area contributed by atoms with E-state index in [1.807, 2.05) is 0 Å². The molecule has 1 heterocycles. The third kappa shape index (κ3) is 2.98. The Hall–Kier alpha value is -2.68. The molecule has 0 saturated carbocycles. The van der Waals surface area contributed by atoms with Gasteiger partial charge >= 0.3 is 5.97 Å². The lowest BCUT2D eigenvalue weighted by Crippen LogP contribution is -2.41. The van der Waals surface area contributed by atoms with Crippen molar-refractivity contribution in [3.05, 3.63) is 44.8 Å². The number of hydrogen-bond donors (Lipinski definition) is 1. The summed E-state index contributed by atoms with van der Waals surface area (Å²) >= 11 is 0.602. The van der Waals surface area contributed by atoms with Gasteiger partial charge in [-0.15, -0.1) is 0 Å². The smallest absolute Gasteiger partial charge is 0.326 e. The van der Waals surface area contributed by atoms with Crippen molar-refractivity contribution < 1.29 is 24.4 Å².